The number of hydrogen-bond acceptors (Lipinski definition) is 8. The van der Waals surface area contributed by atoms with Crippen molar-refractivity contribution in [3.8, 4) is 23.0 Å². The molecule has 0 radical (unpaired) electrons. The summed E-state index contributed by atoms with van der Waals surface area (Å²) >= 11 is 26.1. The monoisotopic (exact) mass is 1400 g/mol. The van der Waals surface area contributed by atoms with Gasteiger partial charge >= 0.3 is 39.0 Å². The molecule has 0 unspecified atom stereocenters. The minimum Gasteiger partial charge on any atom is -0.871 e. The van der Waals surface area contributed by atoms with Gasteiger partial charge in [-0.05, 0) is 126 Å². The van der Waals surface area contributed by atoms with E-state index in [0.717, 1.165) is 17.9 Å². The number of rotatable bonds is 8. The molecule has 4 aromatic carbocycles. The van der Waals surface area contributed by atoms with Gasteiger partial charge in [0.05, 0.1) is 0 Å². The normalized spacial score (nSPS) is 11.1. The van der Waals surface area contributed by atoms with E-state index in [1.165, 1.54) is 0 Å². The Morgan fingerprint density at radius 3 is 0.638 bits per heavy atom. The second-order valence-electron chi connectivity index (χ2n) is 12.7. The first-order valence-electron chi connectivity index (χ1n) is 16.8. The quantitative estimate of drug-likeness (QED) is 0.128. The fourth-order valence-electron chi connectivity index (χ4n) is 3.62. The smallest absolute Gasteiger partial charge is 0.871 e. The van der Waals surface area contributed by atoms with E-state index in [4.69, 9.17) is 0 Å². The second-order valence-corrected chi connectivity index (χ2v) is 19.8. The zero-order valence-corrected chi connectivity index (χ0v) is 51.7. The van der Waals surface area contributed by atoms with Crippen LogP contribution >= 0.6 is 127 Å². The van der Waals surface area contributed by atoms with Crippen molar-refractivity contribution < 1.29 is 59.4 Å². The molecule has 58 heavy (non-hydrogen) atoms. The van der Waals surface area contributed by atoms with Crippen LogP contribution in [0.5, 0.6) is 23.0 Å². The molecule has 0 heterocycles. The Bertz CT molecular complexity index is 1740. The van der Waals surface area contributed by atoms with Gasteiger partial charge in [-0.25, -0.2) is 0 Å². The summed E-state index contributed by atoms with van der Waals surface area (Å²) in [4.78, 5) is 16.7. The van der Waals surface area contributed by atoms with Gasteiger partial charge in [-0.15, -0.1) is 0 Å². The molecular weight excluding hydrogens is 1370 g/mol. The van der Waals surface area contributed by atoms with Crippen LogP contribution < -0.4 is 20.4 Å². The molecule has 4 aromatic rings. The van der Waals surface area contributed by atoms with Crippen LogP contribution in [0.4, 0.5) is 0 Å². The first-order chi connectivity index (χ1) is 26.0. The van der Waals surface area contributed by atoms with Gasteiger partial charge in [-0.1, -0.05) is 150 Å². The number of aliphatic imine (C=N–C) groups is 4. The van der Waals surface area contributed by atoms with Gasteiger partial charge in [-0.2, -0.15) is 0 Å². The van der Waals surface area contributed by atoms with E-state index >= 15 is 0 Å². The maximum atomic E-state index is 11.6. The molecule has 4 rings (SSSR count). The molecule has 0 aromatic heterocycles. The van der Waals surface area contributed by atoms with Crippen LogP contribution in [0.2, 0.25) is 0 Å². The van der Waals surface area contributed by atoms with Gasteiger partial charge < -0.3 is 20.4 Å². The predicted octanol–water partition coefficient (Wildman–Crippen LogP) is 12.4. The van der Waals surface area contributed by atoms with E-state index in [2.05, 4.69) is 147 Å². The Balaban J connectivity index is 0. The molecule has 0 spiro atoms. The Labute approximate surface area is 435 Å². The minimum absolute atomic E-state index is 0. The summed E-state index contributed by atoms with van der Waals surface area (Å²) in [5.41, 5.74) is 2.39. The van der Waals surface area contributed by atoms with Gasteiger partial charge in [0.25, 0.3) is 0 Å². The number of benzene rings is 4. The van der Waals surface area contributed by atoms with Crippen molar-refractivity contribution in [2.45, 2.75) is 79.6 Å². The molecule has 0 saturated carbocycles. The van der Waals surface area contributed by atoms with E-state index in [1.807, 2.05) is 55.4 Å². The maximum Gasteiger partial charge on any atom is 2.00 e. The van der Waals surface area contributed by atoms with E-state index in [-0.39, 0.29) is 86.1 Å². The molecule has 0 aliphatic carbocycles. The van der Waals surface area contributed by atoms with Crippen molar-refractivity contribution in [3.63, 3.8) is 0 Å². The molecule has 0 amide bonds. The van der Waals surface area contributed by atoms with Crippen LogP contribution in [-0.4, -0.2) is 49.0 Å². The minimum atomic E-state index is -0.0300. The van der Waals surface area contributed by atoms with E-state index < -0.39 is 0 Å². The largest absolute Gasteiger partial charge is 2.00 e. The summed E-state index contributed by atoms with van der Waals surface area (Å²) in [6.45, 7) is 15.7. The molecule has 18 heteroatoms. The van der Waals surface area contributed by atoms with Crippen LogP contribution in [0, 0.1) is 0 Å². The summed E-state index contributed by atoms with van der Waals surface area (Å²) < 4.78 is 5.69. The SMILES string of the molecule is CC(C)N=Cc1cc(Br)cc(Br)c1[O-].CC(C)N=Cc1cc(Br)cc(Br)c1[O-].CC(C)N=Cc1cc(Br)cc(Br)c1[O-].CC(C)N=Cc1cc(Br)cc(Br)c1[O-].[Zn+2].[Zn+2]. The maximum absolute atomic E-state index is 11.6. The van der Waals surface area contributed by atoms with Crippen LogP contribution in [0.15, 0.2) is 104 Å². The third kappa shape index (κ3) is 23.9. The molecule has 8 nitrogen and oxygen atoms in total. The predicted molar refractivity (Wildman–Crippen MR) is 256 cm³/mol. The Kier molecular flexibility index (Phi) is 31.8. The van der Waals surface area contributed by atoms with E-state index in [1.54, 1.807) is 73.4 Å². The number of hydrogen-bond donors (Lipinski definition) is 0. The van der Waals surface area contributed by atoms with Crippen LogP contribution in [0.1, 0.15) is 77.6 Å². The van der Waals surface area contributed by atoms with Crippen LogP contribution in [0.25, 0.3) is 0 Å². The van der Waals surface area contributed by atoms with Gasteiger partial charge in [-0.3, -0.25) is 20.0 Å². The molecule has 0 bridgehead atoms. The summed E-state index contributed by atoms with van der Waals surface area (Å²) in [6.07, 6.45) is 6.45. The molecular formula is C40H40Br8N4O4Zn2. The molecule has 0 N–H and O–H groups in total. The second kappa shape index (κ2) is 30.8. The first kappa shape index (κ1) is 59.9. The van der Waals surface area contributed by atoms with Crippen molar-refractivity contribution in [2.24, 2.45) is 20.0 Å². The van der Waals surface area contributed by atoms with Crippen molar-refractivity contribution in [3.05, 3.63) is 107 Å². The topological polar surface area (TPSA) is 142 Å². The standard InChI is InChI=1S/4C10H11Br2NO.2Zn/c4*1-6(2)13-5-7-3-8(11)4-9(12)10(7)14;;/h4*3-6,14H,1-2H3;;/q;;;;2*+2/p-4. The Hall–Kier alpha value is -0.153. The third-order valence-electron chi connectivity index (χ3n) is 6.20. The Morgan fingerprint density at radius 2 is 0.500 bits per heavy atom. The zero-order chi connectivity index (χ0) is 42.9. The molecule has 304 valence electrons. The number of nitrogens with zero attached hydrogens (tertiary/aromatic N) is 4. The van der Waals surface area contributed by atoms with Crippen molar-refractivity contribution >= 4 is 152 Å². The average Bonchev–Trinajstić information content (AvgIpc) is 3.09. The molecule has 0 aliphatic heterocycles. The van der Waals surface area contributed by atoms with Crippen molar-refractivity contribution in [2.75, 3.05) is 0 Å². The first-order valence-corrected chi connectivity index (χ1v) is 23.1. The van der Waals surface area contributed by atoms with Crippen molar-refractivity contribution in [1.82, 2.24) is 0 Å². The third-order valence-corrected chi connectivity index (χ3v) is 10.4. The summed E-state index contributed by atoms with van der Waals surface area (Å²) in [7, 11) is 0. The van der Waals surface area contributed by atoms with Crippen LogP contribution in [0.3, 0.4) is 0 Å². The number of halogens is 8. The molecule has 0 atom stereocenters. The van der Waals surface area contributed by atoms with Crippen molar-refractivity contribution in [1.29, 1.82) is 0 Å². The van der Waals surface area contributed by atoms with Gasteiger partial charge in [0.15, 0.2) is 0 Å². The average molecular weight is 1410 g/mol. The Morgan fingerprint density at radius 1 is 0.345 bits per heavy atom. The molecule has 0 saturated heterocycles. The zero-order valence-electron chi connectivity index (χ0n) is 33.1. The van der Waals surface area contributed by atoms with E-state index in [0.29, 0.717) is 40.1 Å². The van der Waals surface area contributed by atoms with E-state index in [9.17, 15) is 20.4 Å². The molecule has 0 aliphatic rings. The fourth-order valence-corrected chi connectivity index (χ4v) is 8.66. The van der Waals surface area contributed by atoms with Gasteiger partial charge in [0.2, 0.25) is 0 Å². The summed E-state index contributed by atoms with van der Waals surface area (Å²) in [5, 5.41) is 46.3. The summed E-state index contributed by atoms with van der Waals surface area (Å²) in [5.74, 6) is -0.120. The molecule has 0 fully saturated rings. The fraction of sp³-hybridized carbons (Fsp3) is 0.300. The van der Waals surface area contributed by atoms with Crippen LogP contribution in [-0.2, 0) is 39.0 Å². The summed E-state index contributed by atoms with van der Waals surface area (Å²) in [6, 6.07) is 14.8. The van der Waals surface area contributed by atoms with Gasteiger partial charge in [0, 0.05) is 84.8 Å². The van der Waals surface area contributed by atoms with Gasteiger partial charge in [0.1, 0.15) is 0 Å².